The molecule has 0 spiro atoms. The van der Waals surface area contributed by atoms with E-state index in [9.17, 15) is 5.11 Å². The quantitative estimate of drug-likeness (QED) is 0.799. The molecule has 0 saturated heterocycles. The number of fused-ring (bicyclic) bond motifs is 3. The Hall–Kier alpha value is -1.44. The summed E-state index contributed by atoms with van der Waals surface area (Å²) in [7, 11) is 0. The molecular weight excluding hydrogens is 248 g/mol. The van der Waals surface area contributed by atoms with E-state index in [2.05, 4.69) is 39.8 Å². The number of benzene rings is 1. The minimum Gasteiger partial charge on any atom is -0.507 e. The lowest BCUT2D eigenvalue weighted by molar-refractivity contribution is 0.0224. The van der Waals surface area contributed by atoms with Crippen molar-refractivity contribution < 1.29 is 9.84 Å². The Balaban J connectivity index is 2.12. The molecule has 2 heteroatoms. The zero-order valence-electron chi connectivity index (χ0n) is 12.9. The fourth-order valence-corrected chi connectivity index (χ4v) is 3.81. The third-order valence-electron chi connectivity index (χ3n) is 4.76. The van der Waals surface area contributed by atoms with Gasteiger partial charge in [-0.1, -0.05) is 25.0 Å². The first kappa shape index (κ1) is 13.5. The first-order valence-electron chi connectivity index (χ1n) is 7.64. The molecule has 2 unspecified atom stereocenters. The maximum absolute atomic E-state index is 10.5. The molecule has 1 aromatic carbocycles. The Morgan fingerprint density at radius 1 is 1.35 bits per heavy atom. The molecule has 0 fully saturated rings. The minimum absolute atomic E-state index is 0.177. The first-order chi connectivity index (χ1) is 9.42. The highest BCUT2D eigenvalue weighted by Crippen LogP contribution is 2.54. The lowest BCUT2D eigenvalue weighted by Crippen LogP contribution is -2.42. The lowest BCUT2D eigenvalue weighted by Gasteiger charge is -2.42. The zero-order chi connectivity index (χ0) is 14.5. The molecule has 0 amide bonds. The van der Waals surface area contributed by atoms with Gasteiger partial charge < -0.3 is 9.84 Å². The predicted molar refractivity (Wildman–Crippen MR) is 81.4 cm³/mol. The molecule has 0 radical (unpaired) electrons. The molecule has 2 nitrogen and oxygen atoms in total. The minimum atomic E-state index is -0.177. The van der Waals surface area contributed by atoms with Crippen molar-refractivity contribution in [3.8, 4) is 11.5 Å². The predicted octanol–water partition coefficient (Wildman–Crippen LogP) is 4.57. The summed E-state index contributed by atoms with van der Waals surface area (Å²) in [4.78, 5) is 0. The zero-order valence-corrected chi connectivity index (χ0v) is 12.9. The summed E-state index contributed by atoms with van der Waals surface area (Å²) < 4.78 is 6.26. The van der Waals surface area contributed by atoms with E-state index in [-0.39, 0.29) is 5.60 Å². The fourth-order valence-electron chi connectivity index (χ4n) is 3.81. The summed E-state index contributed by atoms with van der Waals surface area (Å²) in [5.74, 6) is 2.01. The third-order valence-corrected chi connectivity index (χ3v) is 4.76. The standard InChI is InChI=1S/C18H24O2/c1-5-6-12-9-15(19)17-13-7-11(2)8-14(13)18(3,4)20-16(17)10-12/h7,9-10,13-14,19H,5-6,8H2,1-4H3. The second-order valence-electron chi connectivity index (χ2n) is 6.83. The number of phenolic OH excluding ortho intramolecular Hbond substituents is 1. The van der Waals surface area contributed by atoms with Crippen LogP contribution < -0.4 is 4.74 Å². The van der Waals surface area contributed by atoms with Crippen LogP contribution in [0, 0.1) is 5.92 Å². The van der Waals surface area contributed by atoms with Gasteiger partial charge in [-0.25, -0.2) is 0 Å². The number of rotatable bonds is 2. The van der Waals surface area contributed by atoms with E-state index >= 15 is 0 Å². The van der Waals surface area contributed by atoms with Gasteiger partial charge in [0.25, 0.3) is 0 Å². The van der Waals surface area contributed by atoms with Crippen LogP contribution in [0.25, 0.3) is 0 Å². The highest BCUT2D eigenvalue weighted by molar-refractivity contribution is 5.54. The molecule has 1 aromatic rings. The molecule has 3 rings (SSSR count). The van der Waals surface area contributed by atoms with Crippen LogP contribution in [-0.4, -0.2) is 10.7 Å². The molecular formula is C18H24O2. The Morgan fingerprint density at radius 3 is 2.80 bits per heavy atom. The third kappa shape index (κ3) is 2.02. The van der Waals surface area contributed by atoms with Crippen molar-refractivity contribution in [2.75, 3.05) is 0 Å². The Labute approximate surface area is 121 Å². The van der Waals surface area contributed by atoms with Crippen LogP contribution in [0.4, 0.5) is 0 Å². The number of allylic oxidation sites excluding steroid dienone is 2. The second-order valence-corrected chi connectivity index (χ2v) is 6.83. The van der Waals surface area contributed by atoms with Gasteiger partial charge in [-0.15, -0.1) is 0 Å². The van der Waals surface area contributed by atoms with Crippen LogP contribution in [0.3, 0.4) is 0 Å². The van der Waals surface area contributed by atoms with Crippen LogP contribution in [0.5, 0.6) is 11.5 Å². The second kappa shape index (κ2) is 4.54. The van der Waals surface area contributed by atoms with Crippen LogP contribution in [0.15, 0.2) is 23.8 Å². The topological polar surface area (TPSA) is 29.5 Å². The van der Waals surface area contributed by atoms with E-state index in [0.717, 1.165) is 36.1 Å². The number of hydrogen-bond donors (Lipinski definition) is 1. The summed E-state index contributed by atoms with van der Waals surface area (Å²) in [6.07, 6.45) is 5.43. The molecule has 108 valence electrons. The summed E-state index contributed by atoms with van der Waals surface area (Å²) >= 11 is 0. The average Bonchev–Trinajstić information content (AvgIpc) is 2.71. The Kier molecular flexibility index (Phi) is 3.07. The number of aryl methyl sites for hydroxylation is 1. The van der Waals surface area contributed by atoms with Gasteiger partial charge in [-0.05, 0) is 51.3 Å². The van der Waals surface area contributed by atoms with Gasteiger partial charge in [0, 0.05) is 17.4 Å². The molecule has 1 heterocycles. The number of phenols is 1. The van der Waals surface area contributed by atoms with E-state index in [1.54, 1.807) is 0 Å². The van der Waals surface area contributed by atoms with Gasteiger partial charge in [-0.2, -0.15) is 0 Å². The van der Waals surface area contributed by atoms with Crippen molar-refractivity contribution in [1.82, 2.24) is 0 Å². The molecule has 0 saturated carbocycles. The first-order valence-corrected chi connectivity index (χ1v) is 7.64. The van der Waals surface area contributed by atoms with E-state index in [0.29, 0.717) is 17.6 Å². The normalized spacial score (nSPS) is 26.5. The van der Waals surface area contributed by atoms with Gasteiger partial charge in [0.1, 0.15) is 17.1 Å². The van der Waals surface area contributed by atoms with Crippen molar-refractivity contribution >= 4 is 0 Å². The maximum Gasteiger partial charge on any atom is 0.127 e. The average molecular weight is 272 g/mol. The number of aromatic hydroxyl groups is 1. The van der Waals surface area contributed by atoms with E-state index in [1.807, 2.05) is 6.07 Å². The summed E-state index contributed by atoms with van der Waals surface area (Å²) in [5, 5.41) is 10.5. The summed E-state index contributed by atoms with van der Waals surface area (Å²) in [6, 6.07) is 4.04. The van der Waals surface area contributed by atoms with Gasteiger partial charge in [0.15, 0.2) is 0 Å². The molecule has 2 aliphatic rings. The molecule has 1 aliphatic carbocycles. The van der Waals surface area contributed by atoms with Gasteiger partial charge >= 0.3 is 0 Å². The molecule has 0 aromatic heterocycles. The molecule has 2 atom stereocenters. The lowest BCUT2D eigenvalue weighted by atomic mass is 9.75. The van der Waals surface area contributed by atoms with Crippen molar-refractivity contribution in [2.24, 2.45) is 5.92 Å². The highest BCUT2D eigenvalue weighted by Gasteiger charge is 2.46. The maximum atomic E-state index is 10.5. The van der Waals surface area contributed by atoms with Crippen molar-refractivity contribution in [3.63, 3.8) is 0 Å². The van der Waals surface area contributed by atoms with E-state index in [1.165, 1.54) is 5.57 Å². The van der Waals surface area contributed by atoms with Gasteiger partial charge in [0.05, 0.1) is 0 Å². The summed E-state index contributed by atoms with van der Waals surface area (Å²) in [6.45, 7) is 8.67. The van der Waals surface area contributed by atoms with Gasteiger partial charge in [-0.3, -0.25) is 0 Å². The number of hydrogen-bond acceptors (Lipinski definition) is 2. The largest absolute Gasteiger partial charge is 0.507 e. The molecule has 20 heavy (non-hydrogen) atoms. The monoisotopic (exact) mass is 272 g/mol. The van der Waals surface area contributed by atoms with Gasteiger partial charge in [0.2, 0.25) is 0 Å². The Bertz CT molecular complexity index is 569. The summed E-state index contributed by atoms with van der Waals surface area (Å²) in [5.41, 5.74) is 3.38. The van der Waals surface area contributed by atoms with Crippen LogP contribution in [0.2, 0.25) is 0 Å². The fraction of sp³-hybridized carbons (Fsp3) is 0.556. The highest BCUT2D eigenvalue weighted by atomic mass is 16.5. The van der Waals surface area contributed by atoms with Crippen LogP contribution in [0.1, 0.15) is 57.6 Å². The molecule has 1 N–H and O–H groups in total. The van der Waals surface area contributed by atoms with E-state index < -0.39 is 0 Å². The van der Waals surface area contributed by atoms with Crippen LogP contribution in [-0.2, 0) is 6.42 Å². The van der Waals surface area contributed by atoms with Crippen molar-refractivity contribution in [2.45, 2.75) is 58.5 Å². The van der Waals surface area contributed by atoms with Crippen LogP contribution >= 0.6 is 0 Å². The molecule has 1 aliphatic heterocycles. The smallest absolute Gasteiger partial charge is 0.127 e. The SMILES string of the molecule is CCCc1cc(O)c2c(c1)OC(C)(C)C1CC(C)=CC21. The van der Waals surface area contributed by atoms with E-state index in [4.69, 9.17) is 4.74 Å². The molecule has 0 bridgehead atoms. The Morgan fingerprint density at radius 2 is 2.10 bits per heavy atom. The number of ether oxygens (including phenoxy) is 1. The van der Waals surface area contributed by atoms with Crippen molar-refractivity contribution in [3.05, 3.63) is 34.9 Å². The van der Waals surface area contributed by atoms with Crippen molar-refractivity contribution in [1.29, 1.82) is 0 Å².